The fourth-order valence-corrected chi connectivity index (χ4v) is 2.24. The van der Waals surface area contributed by atoms with Crippen LogP contribution in [-0.4, -0.2) is 37.0 Å². The highest BCUT2D eigenvalue weighted by Gasteiger charge is 2.31. The van der Waals surface area contributed by atoms with E-state index in [1.807, 2.05) is 0 Å². The predicted molar refractivity (Wildman–Crippen MR) is 87.3 cm³/mol. The van der Waals surface area contributed by atoms with Gasteiger partial charge in [-0.05, 0) is 26.8 Å². The molecule has 0 bridgehead atoms. The molecule has 0 saturated heterocycles. The minimum atomic E-state index is -1.03. The standard InChI is InChI=1S/C16H17FN4O5/c1-16(2,3)26-15(23)10-5-9(17)6-11(21(24)25)14(10)12(22)7-13-18-8-19-20(13)4/h5-6,8H,7H2,1-4H3. The second kappa shape index (κ2) is 6.98. The van der Waals surface area contributed by atoms with Gasteiger partial charge >= 0.3 is 5.97 Å². The number of ketones is 1. The number of aryl methyl sites for hydroxylation is 1. The first-order valence-electron chi connectivity index (χ1n) is 7.57. The van der Waals surface area contributed by atoms with E-state index in [0.29, 0.717) is 6.07 Å². The van der Waals surface area contributed by atoms with Crippen molar-refractivity contribution in [1.29, 1.82) is 0 Å². The second-order valence-corrected chi connectivity index (χ2v) is 6.51. The summed E-state index contributed by atoms with van der Waals surface area (Å²) in [7, 11) is 1.55. The Morgan fingerprint density at radius 1 is 1.35 bits per heavy atom. The molecule has 0 unspecified atom stereocenters. The molecule has 0 atom stereocenters. The number of esters is 1. The highest BCUT2D eigenvalue weighted by Crippen LogP contribution is 2.27. The van der Waals surface area contributed by atoms with Crippen molar-refractivity contribution in [3.63, 3.8) is 0 Å². The van der Waals surface area contributed by atoms with Crippen molar-refractivity contribution in [2.24, 2.45) is 7.05 Å². The maximum atomic E-state index is 13.8. The molecule has 0 radical (unpaired) electrons. The van der Waals surface area contributed by atoms with E-state index < -0.39 is 44.9 Å². The highest BCUT2D eigenvalue weighted by molar-refractivity contribution is 6.09. The van der Waals surface area contributed by atoms with E-state index in [2.05, 4.69) is 10.1 Å². The molecule has 1 aromatic carbocycles. The first kappa shape index (κ1) is 19.2. The molecule has 9 nitrogen and oxygen atoms in total. The number of benzene rings is 1. The van der Waals surface area contributed by atoms with Crippen LogP contribution in [0.15, 0.2) is 18.5 Å². The monoisotopic (exact) mass is 364 g/mol. The molecule has 2 rings (SSSR count). The fraction of sp³-hybridized carbons (Fsp3) is 0.375. The summed E-state index contributed by atoms with van der Waals surface area (Å²) in [6.45, 7) is 4.75. The maximum absolute atomic E-state index is 13.8. The van der Waals surface area contributed by atoms with E-state index in [9.17, 15) is 24.1 Å². The topological polar surface area (TPSA) is 117 Å². The van der Waals surface area contributed by atoms with Crippen LogP contribution in [0.2, 0.25) is 0 Å². The van der Waals surface area contributed by atoms with E-state index in [1.54, 1.807) is 27.8 Å². The molecule has 138 valence electrons. The normalized spacial score (nSPS) is 11.3. The average molecular weight is 364 g/mol. The van der Waals surface area contributed by atoms with Crippen LogP contribution in [0.25, 0.3) is 0 Å². The Morgan fingerprint density at radius 2 is 2.00 bits per heavy atom. The number of nitrogens with zero attached hydrogens (tertiary/aromatic N) is 4. The van der Waals surface area contributed by atoms with Crippen molar-refractivity contribution in [2.45, 2.75) is 32.8 Å². The molecule has 0 saturated carbocycles. The summed E-state index contributed by atoms with van der Waals surface area (Å²) in [5, 5.41) is 15.1. The summed E-state index contributed by atoms with van der Waals surface area (Å²) in [4.78, 5) is 39.3. The van der Waals surface area contributed by atoms with Gasteiger partial charge in [0, 0.05) is 7.05 Å². The van der Waals surface area contributed by atoms with Crippen molar-refractivity contribution < 1.29 is 23.6 Å². The SMILES string of the molecule is Cn1ncnc1CC(=O)c1c(C(=O)OC(C)(C)C)cc(F)cc1[N+](=O)[O-]. The number of nitro groups is 1. The van der Waals surface area contributed by atoms with Crippen LogP contribution in [0, 0.1) is 15.9 Å². The predicted octanol–water partition coefficient (Wildman–Crippen LogP) is 2.24. The number of aromatic nitrogens is 3. The average Bonchev–Trinajstić information content (AvgIpc) is 2.89. The van der Waals surface area contributed by atoms with Gasteiger partial charge < -0.3 is 4.74 Å². The summed E-state index contributed by atoms with van der Waals surface area (Å²) >= 11 is 0. The van der Waals surface area contributed by atoms with Crippen molar-refractivity contribution in [1.82, 2.24) is 14.8 Å². The summed E-state index contributed by atoms with van der Waals surface area (Å²) in [6, 6.07) is 1.35. The molecular weight excluding hydrogens is 347 g/mol. The third-order valence-electron chi connectivity index (χ3n) is 3.30. The minimum Gasteiger partial charge on any atom is -0.456 e. The van der Waals surface area contributed by atoms with Gasteiger partial charge in [-0.15, -0.1) is 0 Å². The van der Waals surface area contributed by atoms with Crippen LogP contribution in [-0.2, 0) is 18.2 Å². The Hall–Kier alpha value is -3.17. The van der Waals surface area contributed by atoms with Crippen LogP contribution in [0.1, 0.15) is 47.3 Å². The fourth-order valence-electron chi connectivity index (χ4n) is 2.24. The van der Waals surface area contributed by atoms with Gasteiger partial charge in [0.15, 0.2) is 5.78 Å². The van der Waals surface area contributed by atoms with Crippen LogP contribution < -0.4 is 0 Å². The number of ether oxygens (including phenoxy) is 1. The largest absolute Gasteiger partial charge is 0.456 e. The number of carbonyl (C=O) groups excluding carboxylic acids is 2. The lowest BCUT2D eigenvalue weighted by atomic mass is 9.98. The summed E-state index contributed by atoms with van der Waals surface area (Å²) in [5.74, 6) is -2.58. The van der Waals surface area contributed by atoms with Gasteiger partial charge in [-0.1, -0.05) is 0 Å². The molecule has 0 aliphatic heterocycles. The Bertz CT molecular complexity index is 885. The number of nitro benzene ring substituents is 1. The second-order valence-electron chi connectivity index (χ2n) is 6.51. The van der Waals surface area contributed by atoms with Gasteiger partial charge in [0.05, 0.1) is 23.0 Å². The van der Waals surface area contributed by atoms with E-state index in [1.165, 1.54) is 11.0 Å². The molecule has 1 aromatic heterocycles. The molecule has 0 aliphatic carbocycles. The number of hydrogen-bond acceptors (Lipinski definition) is 7. The Kier molecular flexibility index (Phi) is 5.15. The van der Waals surface area contributed by atoms with E-state index in [0.717, 1.165) is 6.07 Å². The third kappa shape index (κ3) is 4.26. The molecule has 1 heterocycles. The molecule has 0 fully saturated rings. The van der Waals surface area contributed by atoms with Gasteiger partial charge in [0.25, 0.3) is 5.69 Å². The van der Waals surface area contributed by atoms with Crippen molar-refractivity contribution >= 4 is 17.4 Å². The van der Waals surface area contributed by atoms with E-state index in [-0.39, 0.29) is 12.2 Å². The molecule has 10 heteroatoms. The lowest BCUT2D eigenvalue weighted by Crippen LogP contribution is -2.26. The zero-order chi connectivity index (χ0) is 19.6. The molecule has 0 N–H and O–H groups in total. The molecule has 0 amide bonds. The number of hydrogen-bond donors (Lipinski definition) is 0. The zero-order valence-electron chi connectivity index (χ0n) is 14.6. The van der Waals surface area contributed by atoms with Crippen molar-refractivity contribution in [3.8, 4) is 0 Å². The van der Waals surface area contributed by atoms with Gasteiger partial charge in [0.2, 0.25) is 0 Å². The van der Waals surface area contributed by atoms with E-state index in [4.69, 9.17) is 4.74 Å². The van der Waals surface area contributed by atoms with Crippen molar-refractivity contribution in [3.05, 3.63) is 51.3 Å². The van der Waals surface area contributed by atoms with Gasteiger partial charge in [0.1, 0.15) is 29.1 Å². The summed E-state index contributed by atoms with van der Waals surface area (Å²) in [5.41, 5.74) is -2.76. The van der Waals surface area contributed by atoms with Gasteiger partial charge in [-0.25, -0.2) is 14.2 Å². The Labute approximate surface area is 147 Å². The van der Waals surface area contributed by atoms with E-state index >= 15 is 0 Å². The van der Waals surface area contributed by atoms with Crippen LogP contribution in [0.5, 0.6) is 0 Å². The first-order chi connectivity index (χ1) is 12.0. The molecular formula is C16H17FN4O5. The van der Waals surface area contributed by atoms with Gasteiger partial charge in [-0.2, -0.15) is 5.10 Å². The number of rotatable bonds is 5. The van der Waals surface area contributed by atoms with Gasteiger partial charge in [-0.3, -0.25) is 19.6 Å². The number of carbonyl (C=O) groups is 2. The molecule has 0 aliphatic rings. The number of Topliss-reactive ketones (excluding diaryl/α,β-unsaturated/α-hetero) is 1. The molecule has 2 aromatic rings. The smallest absolute Gasteiger partial charge is 0.339 e. The van der Waals surface area contributed by atoms with Crippen molar-refractivity contribution in [2.75, 3.05) is 0 Å². The Morgan fingerprint density at radius 3 is 2.50 bits per heavy atom. The first-order valence-corrected chi connectivity index (χ1v) is 7.57. The van der Waals surface area contributed by atoms with Crippen LogP contribution in [0.3, 0.4) is 0 Å². The lowest BCUT2D eigenvalue weighted by Gasteiger charge is -2.20. The summed E-state index contributed by atoms with van der Waals surface area (Å²) in [6.07, 6.45) is 0.870. The maximum Gasteiger partial charge on any atom is 0.339 e. The molecule has 26 heavy (non-hydrogen) atoms. The highest BCUT2D eigenvalue weighted by atomic mass is 19.1. The molecule has 0 spiro atoms. The third-order valence-corrected chi connectivity index (χ3v) is 3.30. The summed E-state index contributed by atoms with van der Waals surface area (Å²) < 4.78 is 20.3. The lowest BCUT2D eigenvalue weighted by molar-refractivity contribution is -0.385. The minimum absolute atomic E-state index is 0.240. The van der Waals surface area contributed by atoms with Crippen LogP contribution >= 0.6 is 0 Å². The zero-order valence-corrected chi connectivity index (χ0v) is 14.6. The van der Waals surface area contributed by atoms with Crippen LogP contribution in [0.4, 0.5) is 10.1 Å². The Balaban J connectivity index is 2.57. The quantitative estimate of drug-likeness (QED) is 0.345. The number of halogens is 1.